The van der Waals surface area contributed by atoms with Gasteiger partial charge in [-0.25, -0.2) is 18.4 Å². The van der Waals surface area contributed by atoms with Crippen LogP contribution in [0, 0.1) is 6.92 Å². The third kappa shape index (κ3) is 5.87. The molecule has 0 aliphatic carbocycles. The molecule has 4 aromatic rings. The molecule has 1 heterocycles. The standard InChI is InChI=1S/C27H26N4O5S/c1-19-8-14-22(15-9-19)37(33,34)31(17-27(32)36-3)21-12-10-20(11-13-21)30-26-16-24(28-18-29-26)23-6-4-5-7-25(23)35-2/h4-16,18H,17H2,1-3H3,(H,28,29,30). The van der Waals surface area contributed by atoms with Gasteiger partial charge in [-0.05, 0) is 55.5 Å². The number of para-hydroxylation sites is 1. The molecule has 0 radical (unpaired) electrons. The molecule has 0 saturated carbocycles. The summed E-state index contributed by atoms with van der Waals surface area (Å²) >= 11 is 0. The minimum Gasteiger partial charge on any atom is -0.496 e. The Bertz CT molecular complexity index is 1490. The van der Waals surface area contributed by atoms with Crippen molar-refractivity contribution >= 4 is 33.2 Å². The summed E-state index contributed by atoms with van der Waals surface area (Å²) in [7, 11) is -1.20. The summed E-state index contributed by atoms with van der Waals surface area (Å²) in [5.74, 6) is 0.557. The van der Waals surface area contributed by atoms with Crippen LogP contribution in [-0.2, 0) is 19.6 Å². The van der Waals surface area contributed by atoms with Crippen molar-refractivity contribution in [2.75, 3.05) is 30.4 Å². The van der Waals surface area contributed by atoms with Gasteiger partial charge in [0.15, 0.2) is 0 Å². The number of methoxy groups -OCH3 is 2. The zero-order valence-electron chi connectivity index (χ0n) is 20.6. The topological polar surface area (TPSA) is 111 Å². The number of carbonyl (C=O) groups excluding carboxylic acids is 1. The molecule has 0 aliphatic rings. The first-order valence-corrected chi connectivity index (χ1v) is 12.7. The number of aryl methyl sites for hydroxylation is 1. The zero-order valence-corrected chi connectivity index (χ0v) is 21.4. The van der Waals surface area contributed by atoms with E-state index in [1.165, 1.54) is 25.6 Å². The van der Waals surface area contributed by atoms with E-state index in [-0.39, 0.29) is 4.90 Å². The lowest BCUT2D eigenvalue weighted by molar-refractivity contribution is -0.138. The molecule has 3 aromatic carbocycles. The van der Waals surface area contributed by atoms with Crippen LogP contribution in [0.5, 0.6) is 5.75 Å². The summed E-state index contributed by atoms with van der Waals surface area (Å²) in [6.45, 7) is 1.40. The lowest BCUT2D eigenvalue weighted by Crippen LogP contribution is -2.36. The second-order valence-electron chi connectivity index (χ2n) is 8.06. The van der Waals surface area contributed by atoms with Gasteiger partial charge in [-0.2, -0.15) is 0 Å². The van der Waals surface area contributed by atoms with Crippen LogP contribution < -0.4 is 14.4 Å². The van der Waals surface area contributed by atoms with Crippen molar-refractivity contribution in [3.05, 3.63) is 90.8 Å². The first-order valence-electron chi connectivity index (χ1n) is 11.3. The van der Waals surface area contributed by atoms with Crippen molar-refractivity contribution in [2.24, 2.45) is 0 Å². The summed E-state index contributed by atoms with van der Waals surface area (Å²) in [5.41, 5.74) is 3.41. The number of sulfonamides is 1. The molecule has 0 unspecified atom stereocenters. The Morgan fingerprint density at radius 1 is 0.946 bits per heavy atom. The van der Waals surface area contributed by atoms with E-state index in [0.717, 1.165) is 15.4 Å². The molecule has 9 nitrogen and oxygen atoms in total. The number of anilines is 3. The number of hydrogen-bond acceptors (Lipinski definition) is 8. The maximum Gasteiger partial charge on any atom is 0.326 e. The predicted octanol–water partition coefficient (Wildman–Crippen LogP) is 4.57. The van der Waals surface area contributed by atoms with Crippen LogP contribution in [0.4, 0.5) is 17.2 Å². The maximum atomic E-state index is 13.4. The summed E-state index contributed by atoms with van der Waals surface area (Å²) in [4.78, 5) is 20.8. The smallest absolute Gasteiger partial charge is 0.326 e. The van der Waals surface area contributed by atoms with Crippen LogP contribution in [0.25, 0.3) is 11.3 Å². The highest BCUT2D eigenvalue weighted by molar-refractivity contribution is 7.92. The quantitative estimate of drug-likeness (QED) is 0.321. The number of hydrogen-bond donors (Lipinski definition) is 1. The number of carbonyl (C=O) groups is 1. The number of nitrogens with one attached hydrogen (secondary N) is 1. The Hall–Kier alpha value is -4.44. The molecule has 1 N–H and O–H groups in total. The first-order chi connectivity index (χ1) is 17.8. The molecule has 37 heavy (non-hydrogen) atoms. The van der Waals surface area contributed by atoms with Gasteiger partial charge in [-0.15, -0.1) is 0 Å². The molecule has 190 valence electrons. The van der Waals surface area contributed by atoms with Crippen molar-refractivity contribution in [2.45, 2.75) is 11.8 Å². The molecule has 10 heteroatoms. The third-order valence-electron chi connectivity index (χ3n) is 5.59. The Morgan fingerprint density at radius 2 is 1.65 bits per heavy atom. The van der Waals surface area contributed by atoms with Crippen LogP contribution in [0.1, 0.15) is 5.56 Å². The average molecular weight is 519 g/mol. The van der Waals surface area contributed by atoms with Crippen molar-refractivity contribution in [3.63, 3.8) is 0 Å². The number of aromatic nitrogens is 2. The van der Waals surface area contributed by atoms with Gasteiger partial charge in [-0.1, -0.05) is 29.8 Å². The minimum absolute atomic E-state index is 0.0778. The molecule has 0 bridgehead atoms. The van der Waals surface area contributed by atoms with Crippen molar-refractivity contribution in [3.8, 4) is 17.0 Å². The lowest BCUT2D eigenvalue weighted by Gasteiger charge is -2.23. The molecule has 0 amide bonds. The van der Waals surface area contributed by atoms with Crippen LogP contribution >= 0.6 is 0 Å². The lowest BCUT2D eigenvalue weighted by atomic mass is 10.1. The monoisotopic (exact) mass is 518 g/mol. The van der Waals surface area contributed by atoms with Crippen LogP contribution in [0.15, 0.2) is 90.1 Å². The van der Waals surface area contributed by atoms with Gasteiger partial charge in [0.25, 0.3) is 10.0 Å². The fourth-order valence-corrected chi connectivity index (χ4v) is 5.03. The minimum atomic E-state index is -4.01. The Morgan fingerprint density at radius 3 is 2.32 bits per heavy atom. The van der Waals surface area contributed by atoms with Gasteiger partial charge in [0, 0.05) is 17.3 Å². The average Bonchev–Trinajstić information content (AvgIpc) is 2.92. The normalized spacial score (nSPS) is 11.0. The van der Waals surface area contributed by atoms with E-state index >= 15 is 0 Å². The molecule has 0 aliphatic heterocycles. The molecular weight excluding hydrogens is 492 g/mol. The van der Waals surface area contributed by atoms with E-state index in [1.54, 1.807) is 49.6 Å². The SMILES string of the molecule is COC(=O)CN(c1ccc(Nc2cc(-c3ccccc3OC)ncn2)cc1)S(=O)(=O)c1ccc(C)cc1. The number of rotatable bonds is 9. The van der Waals surface area contributed by atoms with Crippen molar-refractivity contribution in [1.82, 2.24) is 9.97 Å². The Labute approximate surface area is 215 Å². The van der Waals surface area contributed by atoms with E-state index in [0.29, 0.717) is 28.6 Å². The van der Waals surface area contributed by atoms with E-state index < -0.39 is 22.5 Å². The van der Waals surface area contributed by atoms with Gasteiger partial charge in [-0.3, -0.25) is 9.10 Å². The van der Waals surface area contributed by atoms with Crippen LogP contribution in [0.3, 0.4) is 0 Å². The fourth-order valence-electron chi connectivity index (χ4n) is 3.62. The molecule has 0 spiro atoms. The van der Waals surface area contributed by atoms with E-state index in [9.17, 15) is 13.2 Å². The zero-order chi connectivity index (χ0) is 26.4. The highest BCUT2D eigenvalue weighted by atomic mass is 32.2. The second kappa shape index (κ2) is 11.1. The Kier molecular flexibility index (Phi) is 7.69. The largest absolute Gasteiger partial charge is 0.496 e. The number of ether oxygens (including phenoxy) is 2. The van der Waals surface area contributed by atoms with Crippen molar-refractivity contribution < 1.29 is 22.7 Å². The third-order valence-corrected chi connectivity index (χ3v) is 7.38. The summed E-state index contributed by atoms with van der Waals surface area (Å²) in [6.07, 6.45) is 1.45. The van der Waals surface area contributed by atoms with Gasteiger partial charge < -0.3 is 14.8 Å². The fraction of sp³-hybridized carbons (Fsp3) is 0.148. The predicted molar refractivity (Wildman–Crippen MR) is 141 cm³/mol. The summed E-state index contributed by atoms with van der Waals surface area (Å²) in [5, 5.41) is 3.19. The molecular formula is C27H26N4O5S. The highest BCUT2D eigenvalue weighted by Crippen LogP contribution is 2.30. The highest BCUT2D eigenvalue weighted by Gasteiger charge is 2.27. The number of benzene rings is 3. The molecule has 0 saturated heterocycles. The second-order valence-corrected chi connectivity index (χ2v) is 9.92. The number of nitrogens with zero attached hydrogens (tertiary/aromatic N) is 3. The van der Waals surface area contributed by atoms with Gasteiger partial charge >= 0.3 is 5.97 Å². The first kappa shape index (κ1) is 25.6. The van der Waals surface area contributed by atoms with Gasteiger partial charge in [0.05, 0.1) is 30.5 Å². The van der Waals surface area contributed by atoms with Crippen LogP contribution in [-0.4, -0.2) is 45.1 Å². The van der Waals surface area contributed by atoms with E-state index in [4.69, 9.17) is 9.47 Å². The molecule has 0 fully saturated rings. The van der Waals surface area contributed by atoms with Gasteiger partial charge in [0.2, 0.25) is 0 Å². The molecule has 4 rings (SSSR count). The summed E-state index contributed by atoms with van der Waals surface area (Å²) in [6, 6.07) is 22.4. The van der Waals surface area contributed by atoms with E-state index in [2.05, 4.69) is 15.3 Å². The Balaban J connectivity index is 1.60. The van der Waals surface area contributed by atoms with Crippen LogP contribution in [0.2, 0.25) is 0 Å². The van der Waals surface area contributed by atoms with E-state index in [1.807, 2.05) is 31.2 Å². The van der Waals surface area contributed by atoms with Crippen molar-refractivity contribution in [1.29, 1.82) is 0 Å². The summed E-state index contributed by atoms with van der Waals surface area (Å²) < 4.78 is 37.9. The molecule has 0 atom stereocenters. The number of esters is 1. The molecule has 1 aromatic heterocycles. The maximum absolute atomic E-state index is 13.4. The van der Waals surface area contributed by atoms with Gasteiger partial charge in [0.1, 0.15) is 24.4 Å².